The first kappa shape index (κ1) is 11.5. The number of piperidine rings is 1. The summed E-state index contributed by atoms with van der Waals surface area (Å²) in [5.41, 5.74) is 2.08. The van der Waals surface area contributed by atoms with E-state index in [2.05, 4.69) is 4.57 Å². The summed E-state index contributed by atoms with van der Waals surface area (Å²) in [6.45, 7) is 0.758. The minimum atomic E-state index is 0.225. The summed E-state index contributed by atoms with van der Waals surface area (Å²) >= 11 is 0. The molecule has 96 valence electrons. The number of ketones is 1. The van der Waals surface area contributed by atoms with Crippen molar-refractivity contribution >= 4 is 11.7 Å². The third kappa shape index (κ3) is 1.76. The number of Topliss-reactive ketones (excluding diaryl/α,β-unsaturated/α-hetero) is 1. The minimum Gasteiger partial charge on any atom is -0.346 e. The number of hydrogen-bond acceptors (Lipinski definition) is 2. The van der Waals surface area contributed by atoms with Gasteiger partial charge in [-0.2, -0.15) is 0 Å². The lowest BCUT2D eigenvalue weighted by Crippen LogP contribution is -2.38. The largest absolute Gasteiger partial charge is 0.346 e. The van der Waals surface area contributed by atoms with Crippen LogP contribution in [0.1, 0.15) is 47.8 Å². The number of likely N-dealkylation sites (tertiary alicyclic amines) is 1. The Morgan fingerprint density at radius 2 is 2.06 bits per heavy atom. The van der Waals surface area contributed by atoms with Crippen LogP contribution in [0.5, 0.6) is 0 Å². The number of carbonyl (C=O) groups is 2. The van der Waals surface area contributed by atoms with E-state index in [1.54, 1.807) is 4.90 Å². The van der Waals surface area contributed by atoms with Crippen molar-refractivity contribution in [1.29, 1.82) is 0 Å². The maximum absolute atomic E-state index is 11.8. The second-order valence-electron chi connectivity index (χ2n) is 5.33. The number of carbonyl (C=O) groups excluding carboxylic acids is 2. The van der Waals surface area contributed by atoms with Crippen molar-refractivity contribution < 1.29 is 9.59 Å². The highest BCUT2D eigenvalue weighted by molar-refractivity contribution is 5.98. The molecule has 1 unspecified atom stereocenters. The molecule has 1 atom stereocenters. The SMILES string of the molecule is CN1CC(n2ccc3c2CCCC3=O)CCC1=O. The van der Waals surface area contributed by atoms with Crippen LogP contribution in [-0.2, 0) is 11.2 Å². The van der Waals surface area contributed by atoms with Crippen molar-refractivity contribution in [2.24, 2.45) is 0 Å². The first-order valence-electron chi connectivity index (χ1n) is 6.63. The third-order valence-electron chi connectivity index (χ3n) is 4.14. The van der Waals surface area contributed by atoms with Gasteiger partial charge in [0.25, 0.3) is 0 Å². The normalized spacial score (nSPS) is 24.3. The van der Waals surface area contributed by atoms with Crippen LogP contribution < -0.4 is 0 Å². The van der Waals surface area contributed by atoms with E-state index in [0.717, 1.165) is 31.4 Å². The van der Waals surface area contributed by atoms with Gasteiger partial charge in [-0.25, -0.2) is 0 Å². The average Bonchev–Trinajstić information content (AvgIpc) is 2.78. The maximum atomic E-state index is 11.8. The number of fused-ring (bicyclic) bond motifs is 1. The topological polar surface area (TPSA) is 42.3 Å². The van der Waals surface area contributed by atoms with E-state index in [0.29, 0.717) is 18.9 Å². The Balaban J connectivity index is 1.89. The summed E-state index contributed by atoms with van der Waals surface area (Å²) in [5, 5.41) is 0. The Morgan fingerprint density at radius 1 is 1.22 bits per heavy atom. The van der Waals surface area contributed by atoms with Gasteiger partial charge in [0.2, 0.25) is 5.91 Å². The summed E-state index contributed by atoms with van der Waals surface area (Å²) in [7, 11) is 1.86. The van der Waals surface area contributed by atoms with E-state index in [9.17, 15) is 9.59 Å². The standard InChI is InChI=1S/C14H18N2O2/c1-15-9-10(5-6-14(15)18)16-8-7-11-12(16)3-2-4-13(11)17/h7-8,10H,2-6,9H2,1H3. The van der Waals surface area contributed by atoms with Crippen LogP contribution in [-0.4, -0.2) is 34.7 Å². The number of amides is 1. The van der Waals surface area contributed by atoms with Gasteiger partial charge >= 0.3 is 0 Å². The lowest BCUT2D eigenvalue weighted by atomic mass is 9.96. The zero-order valence-corrected chi connectivity index (χ0v) is 10.7. The molecule has 0 bridgehead atoms. The molecule has 4 nitrogen and oxygen atoms in total. The molecular formula is C14H18N2O2. The molecule has 1 aliphatic carbocycles. The van der Waals surface area contributed by atoms with Crippen LogP contribution in [0.25, 0.3) is 0 Å². The Bertz CT molecular complexity index is 504. The molecule has 1 aliphatic heterocycles. The highest BCUT2D eigenvalue weighted by atomic mass is 16.2. The Morgan fingerprint density at radius 3 is 2.83 bits per heavy atom. The molecule has 1 saturated heterocycles. The summed E-state index contributed by atoms with van der Waals surface area (Å²) in [6.07, 6.45) is 6.16. The van der Waals surface area contributed by atoms with Crippen molar-refractivity contribution in [3.8, 4) is 0 Å². The van der Waals surface area contributed by atoms with E-state index >= 15 is 0 Å². The summed E-state index contributed by atoms with van der Waals surface area (Å²) < 4.78 is 2.23. The predicted octanol–water partition coefficient (Wildman–Crippen LogP) is 1.80. The van der Waals surface area contributed by atoms with Gasteiger partial charge in [0, 0.05) is 43.9 Å². The highest BCUT2D eigenvalue weighted by Crippen LogP contribution is 2.29. The quantitative estimate of drug-likeness (QED) is 0.758. The number of likely N-dealkylation sites (N-methyl/N-ethyl adjacent to an activating group) is 1. The van der Waals surface area contributed by atoms with Crippen LogP contribution in [0.15, 0.2) is 12.3 Å². The van der Waals surface area contributed by atoms with E-state index in [-0.39, 0.29) is 11.7 Å². The van der Waals surface area contributed by atoms with Crippen LogP contribution in [0.2, 0.25) is 0 Å². The van der Waals surface area contributed by atoms with Gasteiger partial charge < -0.3 is 9.47 Å². The van der Waals surface area contributed by atoms with Gasteiger partial charge in [0.1, 0.15) is 0 Å². The molecule has 1 aromatic heterocycles. The second kappa shape index (κ2) is 4.26. The molecule has 1 fully saturated rings. The minimum absolute atomic E-state index is 0.225. The zero-order valence-electron chi connectivity index (χ0n) is 10.7. The van der Waals surface area contributed by atoms with Gasteiger partial charge in [-0.3, -0.25) is 9.59 Å². The third-order valence-corrected chi connectivity index (χ3v) is 4.14. The van der Waals surface area contributed by atoms with E-state index in [1.807, 2.05) is 19.3 Å². The molecule has 18 heavy (non-hydrogen) atoms. The van der Waals surface area contributed by atoms with E-state index < -0.39 is 0 Å². The Kier molecular flexibility index (Phi) is 2.73. The van der Waals surface area contributed by atoms with Crippen molar-refractivity contribution in [3.05, 3.63) is 23.5 Å². The van der Waals surface area contributed by atoms with Crippen molar-refractivity contribution in [1.82, 2.24) is 9.47 Å². The monoisotopic (exact) mass is 246 g/mol. The zero-order chi connectivity index (χ0) is 12.7. The van der Waals surface area contributed by atoms with Crippen LogP contribution in [0, 0.1) is 0 Å². The van der Waals surface area contributed by atoms with Crippen LogP contribution >= 0.6 is 0 Å². The van der Waals surface area contributed by atoms with Gasteiger partial charge in [-0.15, -0.1) is 0 Å². The van der Waals surface area contributed by atoms with Gasteiger partial charge in [-0.1, -0.05) is 0 Å². The molecule has 2 aliphatic rings. The molecule has 2 heterocycles. The first-order chi connectivity index (χ1) is 8.66. The smallest absolute Gasteiger partial charge is 0.222 e. The maximum Gasteiger partial charge on any atom is 0.222 e. The fourth-order valence-corrected chi connectivity index (χ4v) is 3.11. The number of aromatic nitrogens is 1. The van der Waals surface area contributed by atoms with Crippen molar-refractivity contribution in [2.75, 3.05) is 13.6 Å². The highest BCUT2D eigenvalue weighted by Gasteiger charge is 2.28. The Labute approximate surface area is 107 Å². The number of nitrogens with zero attached hydrogens (tertiary/aromatic N) is 2. The second-order valence-corrected chi connectivity index (χ2v) is 5.33. The fraction of sp³-hybridized carbons (Fsp3) is 0.571. The summed E-state index contributed by atoms with van der Waals surface area (Å²) in [4.78, 5) is 25.1. The Hall–Kier alpha value is -1.58. The van der Waals surface area contributed by atoms with E-state index in [4.69, 9.17) is 0 Å². The van der Waals surface area contributed by atoms with Gasteiger partial charge in [0.05, 0.1) is 6.04 Å². The molecule has 0 spiro atoms. The van der Waals surface area contributed by atoms with Gasteiger partial charge in [0.15, 0.2) is 5.78 Å². The van der Waals surface area contributed by atoms with Crippen molar-refractivity contribution in [3.63, 3.8) is 0 Å². The number of hydrogen-bond donors (Lipinski definition) is 0. The predicted molar refractivity (Wildman–Crippen MR) is 67.6 cm³/mol. The van der Waals surface area contributed by atoms with Crippen LogP contribution in [0.4, 0.5) is 0 Å². The molecule has 3 rings (SSSR count). The van der Waals surface area contributed by atoms with E-state index in [1.165, 1.54) is 5.69 Å². The molecule has 0 radical (unpaired) electrons. The average molecular weight is 246 g/mol. The molecule has 1 amide bonds. The van der Waals surface area contributed by atoms with Gasteiger partial charge in [-0.05, 0) is 25.3 Å². The number of rotatable bonds is 1. The summed E-state index contributed by atoms with van der Waals surface area (Å²) in [6, 6.07) is 2.29. The molecule has 0 saturated carbocycles. The first-order valence-corrected chi connectivity index (χ1v) is 6.63. The fourth-order valence-electron chi connectivity index (χ4n) is 3.11. The molecule has 0 aromatic carbocycles. The molecule has 4 heteroatoms. The van der Waals surface area contributed by atoms with Crippen molar-refractivity contribution in [2.45, 2.75) is 38.1 Å². The lowest BCUT2D eigenvalue weighted by molar-refractivity contribution is -0.132. The molecule has 0 N–H and O–H groups in total. The lowest BCUT2D eigenvalue weighted by Gasteiger charge is -2.32. The molecule has 1 aromatic rings. The summed E-state index contributed by atoms with van der Waals surface area (Å²) in [5.74, 6) is 0.499. The van der Waals surface area contributed by atoms with Crippen LogP contribution in [0.3, 0.4) is 0 Å². The molecular weight excluding hydrogens is 228 g/mol.